The normalized spacial score (nSPS) is 11.9. The van der Waals surface area contributed by atoms with Crippen molar-refractivity contribution in [3.63, 3.8) is 0 Å². The molecular weight excluding hydrogens is 234 g/mol. The molecule has 1 amide bonds. The number of aromatic carboxylic acids is 1. The zero-order chi connectivity index (χ0) is 13.5. The van der Waals surface area contributed by atoms with Crippen molar-refractivity contribution in [1.82, 2.24) is 10.3 Å². The quantitative estimate of drug-likeness (QED) is 0.683. The second kappa shape index (κ2) is 6.70. The third-order valence-corrected chi connectivity index (χ3v) is 2.45. The van der Waals surface area contributed by atoms with E-state index in [1.165, 1.54) is 12.3 Å². The lowest BCUT2D eigenvalue weighted by Gasteiger charge is -2.10. The molecule has 0 bridgehead atoms. The minimum Gasteiger partial charge on any atom is -0.477 e. The highest BCUT2D eigenvalue weighted by Crippen LogP contribution is 2.01. The second-order valence-corrected chi connectivity index (χ2v) is 3.97. The molecule has 1 aromatic heterocycles. The molecule has 1 atom stereocenters. The van der Waals surface area contributed by atoms with Crippen LogP contribution in [0.2, 0.25) is 0 Å². The van der Waals surface area contributed by atoms with Crippen LogP contribution in [0.15, 0.2) is 18.3 Å². The molecule has 0 radical (unpaired) electrons. The molecule has 0 unspecified atom stereocenters. The zero-order valence-electron chi connectivity index (χ0n) is 10.2. The summed E-state index contributed by atoms with van der Waals surface area (Å²) in [5.41, 5.74) is 6.36. The molecule has 0 spiro atoms. The number of nitrogens with zero attached hydrogens (tertiary/aromatic N) is 1. The van der Waals surface area contributed by atoms with E-state index in [0.717, 1.165) is 12.0 Å². The molecule has 0 aliphatic carbocycles. The van der Waals surface area contributed by atoms with Crippen molar-refractivity contribution in [1.29, 1.82) is 0 Å². The van der Waals surface area contributed by atoms with Gasteiger partial charge in [0.1, 0.15) is 5.69 Å². The summed E-state index contributed by atoms with van der Waals surface area (Å²) in [6, 6.07) is 2.51. The van der Waals surface area contributed by atoms with Crippen molar-refractivity contribution < 1.29 is 14.7 Å². The fourth-order valence-electron chi connectivity index (χ4n) is 1.42. The number of nitrogens with two attached hydrogens (primary N) is 1. The summed E-state index contributed by atoms with van der Waals surface area (Å²) in [6.45, 7) is 2.25. The second-order valence-electron chi connectivity index (χ2n) is 3.97. The van der Waals surface area contributed by atoms with Gasteiger partial charge in [-0.3, -0.25) is 4.79 Å². The third-order valence-electron chi connectivity index (χ3n) is 2.45. The lowest BCUT2D eigenvalue weighted by molar-refractivity contribution is -0.122. The molecule has 0 saturated heterocycles. The Morgan fingerprint density at radius 3 is 2.72 bits per heavy atom. The van der Waals surface area contributed by atoms with Crippen LogP contribution in [0.5, 0.6) is 0 Å². The molecule has 0 saturated carbocycles. The molecule has 6 nitrogen and oxygen atoms in total. The van der Waals surface area contributed by atoms with E-state index in [2.05, 4.69) is 10.3 Å². The summed E-state index contributed by atoms with van der Waals surface area (Å²) in [7, 11) is 0. The van der Waals surface area contributed by atoms with Crippen LogP contribution in [0.4, 0.5) is 0 Å². The maximum absolute atomic E-state index is 11.5. The SMILES string of the molecule is CCC[C@@H](N)C(=O)NCc1ccc(C(=O)O)nc1. The van der Waals surface area contributed by atoms with Crippen molar-refractivity contribution >= 4 is 11.9 Å². The first-order valence-corrected chi connectivity index (χ1v) is 5.76. The maximum atomic E-state index is 11.5. The summed E-state index contributed by atoms with van der Waals surface area (Å²) in [5, 5.41) is 11.4. The molecule has 0 aliphatic rings. The standard InChI is InChI=1S/C12H17N3O3/c1-2-3-9(13)11(16)15-7-8-4-5-10(12(17)18)14-6-8/h4-6,9H,2-3,7,13H2,1H3,(H,15,16)(H,17,18)/t9-/m1/s1. The topological polar surface area (TPSA) is 105 Å². The molecule has 98 valence electrons. The van der Waals surface area contributed by atoms with Crippen LogP contribution in [-0.4, -0.2) is 28.0 Å². The van der Waals surface area contributed by atoms with Crippen molar-refractivity contribution in [3.8, 4) is 0 Å². The Kier molecular flexibility index (Phi) is 5.26. The van der Waals surface area contributed by atoms with Crippen LogP contribution >= 0.6 is 0 Å². The summed E-state index contributed by atoms with van der Waals surface area (Å²) in [4.78, 5) is 25.9. The molecule has 1 rings (SSSR count). The van der Waals surface area contributed by atoms with Crippen molar-refractivity contribution in [2.24, 2.45) is 5.73 Å². The smallest absolute Gasteiger partial charge is 0.354 e. The number of rotatable bonds is 6. The zero-order valence-corrected chi connectivity index (χ0v) is 10.2. The molecule has 18 heavy (non-hydrogen) atoms. The van der Waals surface area contributed by atoms with E-state index in [4.69, 9.17) is 10.8 Å². The van der Waals surface area contributed by atoms with Gasteiger partial charge in [-0.1, -0.05) is 19.4 Å². The number of aromatic nitrogens is 1. The number of amides is 1. The number of nitrogens with one attached hydrogen (secondary N) is 1. The van der Waals surface area contributed by atoms with Gasteiger partial charge in [0.2, 0.25) is 5.91 Å². The number of hydrogen-bond acceptors (Lipinski definition) is 4. The van der Waals surface area contributed by atoms with Crippen LogP contribution in [0.3, 0.4) is 0 Å². The van der Waals surface area contributed by atoms with E-state index < -0.39 is 12.0 Å². The maximum Gasteiger partial charge on any atom is 0.354 e. The van der Waals surface area contributed by atoms with E-state index in [1.54, 1.807) is 6.07 Å². The Hall–Kier alpha value is -1.95. The monoisotopic (exact) mass is 251 g/mol. The van der Waals surface area contributed by atoms with Gasteiger partial charge in [-0.25, -0.2) is 9.78 Å². The summed E-state index contributed by atoms with van der Waals surface area (Å²) in [6.07, 6.45) is 2.92. The highest BCUT2D eigenvalue weighted by molar-refractivity contribution is 5.85. The largest absolute Gasteiger partial charge is 0.477 e. The average molecular weight is 251 g/mol. The van der Waals surface area contributed by atoms with Gasteiger partial charge in [0.15, 0.2) is 0 Å². The van der Waals surface area contributed by atoms with Crippen LogP contribution in [-0.2, 0) is 11.3 Å². The number of carbonyl (C=O) groups excluding carboxylic acids is 1. The van der Waals surface area contributed by atoms with Gasteiger partial charge in [0.05, 0.1) is 6.04 Å². The Balaban J connectivity index is 2.48. The first kappa shape index (κ1) is 14.1. The lowest BCUT2D eigenvalue weighted by Crippen LogP contribution is -2.40. The van der Waals surface area contributed by atoms with Gasteiger partial charge in [0.25, 0.3) is 0 Å². The third kappa shape index (κ3) is 4.14. The molecule has 4 N–H and O–H groups in total. The number of pyridine rings is 1. The fourth-order valence-corrected chi connectivity index (χ4v) is 1.42. The molecule has 0 fully saturated rings. The fraction of sp³-hybridized carbons (Fsp3) is 0.417. The predicted molar refractivity (Wildman–Crippen MR) is 65.9 cm³/mol. The number of carbonyl (C=O) groups is 2. The minimum atomic E-state index is -1.07. The van der Waals surface area contributed by atoms with Crippen molar-refractivity contribution in [2.75, 3.05) is 0 Å². The van der Waals surface area contributed by atoms with E-state index in [1.807, 2.05) is 6.92 Å². The highest BCUT2D eigenvalue weighted by Gasteiger charge is 2.11. The van der Waals surface area contributed by atoms with E-state index in [-0.39, 0.29) is 11.6 Å². The summed E-state index contributed by atoms with van der Waals surface area (Å²) in [5.74, 6) is -1.28. The van der Waals surface area contributed by atoms with E-state index in [9.17, 15) is 9.59 Å². The van der Waals surface area contributed by atoms with E-state index >= 15 is 0 Å². The van der Waals surface area contributed by atoms with Crippen LogP contribution < -0.4 is 11.1 Å². The van der Waals surface area contributed by atoms with Gasteiger partial charge in [-0.05, 0) is 18.1 Å². The predicted octanol–water partition coefficient (Wildman–Crippen LogP) is 0.523. The first-order valence-electron chi connectivity index (χ1n) is 5.76. The van der Waals surface area contributed by atoms with Crippen molar-refractivity contribution in [3.05, 3.63) is 29.6 Å². The van der Waals surface area contributed by atoms with Gasteiger partial charge < -0.3 is 16.2 Å². The molecule has 0 aromatic carbocycles. The van der Waals surface area contributed by atoms with Crippen LogP contribution in [0.1, 0.15) is 35.8 Å². The number of carboxylic acid groups (broad SMARTS) is 1. The summed E-state index contributed by atoms with van der Waals surface area (Å²) < 4.78 is 0. The Morgan fingerprint density at radius 1 is 1.50 bits per heavy atom. The van der Waals surface area contributed by atoms with E-state index in [0.29, 0.717) is 13.0 Å². The summed E-state index contributed by atoms with van der Waals surface area (Å²) >= 11 is 0. The first-order chi connectivity index (χ1) is 8.54. The average Bonchev–Trinajstić information content (AvgIpc) is 2.36. The Labute approximate surface area is 105 Å². The molecule has 1 heterocycles. The van der Waals surface area contributed by atoms with Crippen LogP contribution in [0.25, 0.3) is 0 Å². The van der Waals surface area contributed by atoms with Crippen LogP contribution in [0, 0.1) is 0 Å². The Bertz CT molecular complexity index is 417. The molecule has 0 aliphatic heterocycles. The number of hydrogen-bond donors (Lipinski definition) is 3. The molecule has 1 aromatic rings. The van der Waals surface area contributed by atoms with Gasteiger partial charge in [0, 0.05) is 12.7 Å². The van der Waals surface area contributed by atoms with Gasteiger partial charge >= 0.3 is 5.97 Å². The van der Waals surface area contributed by atoms with Gasteiger partial charge in [-0.2, -0.15) is 0 Å². The highest BCUT2D eigenvalue weighted by atomic mass is 16.4. The molecule has 6 heteroatoms. The van der Waals surface area contributed by atoms with Crippen molar-refractivity contribution in [2.45, 2.75) is 32.4 Å². The van der Waals surface area contributed by atoms with Gasteiger partial charge in [-0.15, -0.1) is 0 Å². The molecular formula is C12H17N3O3. The Morgan fingerprint density at radius 2 is 2.22 bits per heavy atom. The lowest BCUT2D eigenvalue weighted by atomic mass is 10.1. The number of carboxylic acids is 1. The minimum absolute atomic E-state index is 0.0206.